The molecule has 0 saturated carbocycles. The van der Waals surface area contributed by atoms with Gasteiger partial charge in [-0.25, -0.2) is 15.0 Å². The molecule has 3 aromatic rings. The van der Waals surface area contributed by atoms with Gasteiger partial charge in [-0.1, -0.05) is 35.3 Å². The maximum atomic E-state index is 6.39. The molecule has 3 heterocycles. The van der Waals surface area contributed by atoms with Crippen LogP contribution in [-0.4, -0.2) is 32.2 Å². The standard InChI is InChI=1S/C17H16Cl2N4O/c1-10-20-15(19)14-17(21-10)23(9-11-5-4-8-24-11)16(22-14)12-6-2-3-7-13(12)18/h2-3,6-7,11H,4-5,8-9H2,1H3/t11-/m0/s1. The molecule has 0 radical (unpaired) electrons. The van der Waals surface area contributed by atoms with E-state index in [4.69, 9.17) is 32.9 Å². The fourth-order valence-electron chi connectivity index (χ4n) is 3.08. The zero-order chi connectivity index (χ0) is 16.7. The van der Waals surface area contributed by atoms with Crippen LogP contribution in [0.5, 0.6) is 0 Å². The highest BCUT2D eigenvalue weighted by Gasteiger charge is 2.23. The van der Waals surface area contributed by atoms with Gasteiger partial charge in [0.25, 0.3) is 0 Å². The predicted molar refractivity (Wildman–Crippen MR) is 94.5 cm³/mol. The number of nitrogens with zero attached hydrogens (tertiary/aromatic N) is 4. The van der Waals surface area contributed by atoms with Crippen LogP contribution >= 0.6 is 23.2 Å². The summed E-state index contributed by atoms with van der Waals surface area (Å²) < 4.78 is 7.85. The number of hydrogen-bond acceptors (Lipinski definition) is 4. The Kier molecular flexibility index (Phi) is 4.16. The maximum absolute atomic E-state index is 6.39. The minimum atomic E-state index is 0.151. The van der Waals surface area contributed by atoms with Crippen LogP contribution in [0.25, 0.3) is 22.6 Å². The van der Waals surface area contributed by atoms with Crippen molar-refractivity contribution >= 4 is 34.4 Å². The van der Waals surface area contributed by atoms with Gasteiger partial charge in [0, 0.05) is 12.2 Å². The number of hydrogen-bond donors (Lipinski definition) is 0. The number of halogens is 2. The van der Waals surface area contributed by atoms with Crippen LogP contribution in [0, 0.1) is 6.92 Å². The van der Waals surface area contributed by atoms with Gasteiger partial charge in [0.2, 0.25) is 0 Å². The van der Waals surface area contributed by atoms with Crippen LogP contribution < -0.4 is 0 Å². The highest BCUT2D eigenvalue weighted by molar-refractivity contribution is 6.34. The van der Waals surface area contributed by atoms with Crippen LogP contribution in [0.2, 0.25) is 10.2 Å². The Morgan fingerprint density at radius 2 is 2.04 bits per heavy atom. The summed E-state index contributed by atoms with van der Waals surface area (Å²) >= 11 is 12.7. The molecule has 24 heavy (non-hydrogen) atoms. The van der Waals surface area contributed by atoms with Gasteiger partial charge in [-0.15, -0.1) is 0 Å². The summed E-state index contributed by atoms with van der Waals surface area (Å²) in [7, 11) is 0. The molecular weight excluding hydrogens is 347 g/mol. The number of benzene rings is 1. The predicted octanol–water partition coefficient (Wildman–Crippen LogP) is 4.29. The van der Waals surface area contributed by atoms with E-state index >= 15 is 0 Å². The van der Waals surface area contributed by atoms with Crippen LogP contribution in [0.3, 0.4) is 0 Å². The molecule has 1 aliphatic rings. The molecule has 1 atom stereocenters. The van der Waals surface area contributed by atoms with Gasteiger partial charge in [-0.05, 0) is 31.9 Å². The minimum Gasteiger partial charge on any atom is -0.376 e. The van der Waals surface area contributed by atoms with Crippen LogP contribution in [0.1, 0.15) is 18.7 Å². The number of fused-ring (bicyclic) bond motifs is 1. The van der Waals surface area contributed by atoms with Gasteiger partial charge in [-0.2, -0.15) is 0 Å². The highest BCUT2D eigenvalue weighted by atomic mass is 35.5. The lowest BCUT2D eigenvalue weighted by molar-refractivity contribution is 0.0981. The lowest BCUT2D eigenvalue weighted by atomic mass is 10.2. The Hall–Kier alpha value is -1.69. The number of aryl methyl sites for hydroxylation is 1. The van der Waals surface area contributed by atoms with Gasteiger partial charge in [-0.3, -0.25) is 0 Å². The third-order valence-corrected chi connectivity index (χ3v) is 4.78. The first-order valence-electron chi connectivity index (χ1n) is 7.90. The molecule has 4 rings (SSSR count). The van der Waals surface area contributed by atoms with E-state index < -0.39 is 0 Å². The van der Waals surface area contributed by atoms with E-state index in [1.807, 2.05) is 35.8 Å². The first-order valence-corrected chi connectivity index (χ1v) is 8.66. The van der Waals surface area contributed by atoms with E-state index in [9.17, 15) is 0 Å². The summed E-state index contributed by atoms with van der Waals surface area (Å²) in [5.41, 5.74) is 2.16. The number of ether oxygens (including phenoxy) is 1. The van der Waals surface area contributed by atoms with Crippen molar-refractivity contribution in [2.24, 2.45) is 0 Å². The molecule has 1 saturated heterocycles. The van der Waals surface area contributed by atoms with Crippen molar-refractivity contribution in [2.45, 2.75) is 32.4 Å². The molecule has 2 aromatic heterocycles. The van der Waals surface area contributed by atoms with E-state index in [1.54, 1.807) is 0 Å². The van der Waals surface area contributed by atoms with Gasteiger partial charge < -0.3 is 9.30 Å². The summed E-state index contributed by atoms with van der Waals surface area (Å²) in [5, 5.41) is 0.999. The van der Waals surface area contributed by atoms with Crippen LogP contribution in [0.15, 0.2) is 24.3 Å². The van der Waals surface area contributed by atoms with Crippen molar-refractivity contribution in [1.29, 1.82) is 0 Å². The van der Waals surface area contributed by atoms with Crippen LogP contribution in [-0.2, 0) is 11.3 Å². The molecule has 0 amide bonds. The Morgan fingerprint density at radius 3 is 2.79 bits per heavy atom. The van der Waals surface area contributed by atoms with Gasteiger partial charge in [0.05, 0.1) is 17.7 Å². The lowest BCUT2D eigenvalue weighted by Crippen LogP contribution is -2.16. The van der Waals surface area contributed by atoms with Crippen molar-refractivity contribution in [3.8, 4) is 11.4 Å². The van der Waals surface area contributed by atoms with Crippen molar-refractivity contribution < 1.29 is 4.74 Å². The topological polar surface area (TPSA) is 52.8 Å². The third-order valence-electron chi connectivity index (χ3n) is 4.19. The number of rotatable bonds is 3. The number of aromatic nitrogens is 4. The SMILES string of the molecule is Cc1nc(Cl)c2nc(-c3ccccc3Cl)n(C[C@@H]3CCCO3)c2n1. The van der Waals surface area contributed by atoms with Crippen molar-refractivity contribution in [3.05, 3.63) is 40.3 Å². The molecule has 0 aliphatic carbocycles. The second-order valence-electron chi connectivity index (χ2n) is 5.89. The molecule has 1 aliphatic heterocycles. The highest BCUT2D eigenvalue weighted by Crippen LogP contribution is 2.32. The van der Waals surface area contributed by atoms with Crippen molar-refractivity contribution in [2.75, 3.05) is 6.61 Å². The van der Waals surface area contributed by atoms with Crippen molar-refractivity contribution in [3.63, 3.8) is 0 Å². The normalized spacial score (nSPS) is 17.7. The third kappa shape index (κ3) is 2.77. The first kappa shape index (κ1) is 15.8. The van der Waals surface area contributed by atoms with E-state index in [1.165, 1.54) is 0 Å². The minimum absolute atomic E-state index is 0.151. The molecular formula is C17H16Cl2N4O. The van der Waals surface area contributed by atoms with Crippen LogP contribution in [0.4, 0.5) is 0 Å². The van der Waals surface area contributed by atoms with E-state index in [0.717, 1.165) is 36.5 Å². The van der Waals surface area contributed by atoms with Crippen molar-refractivity contribution in [1.82, 2.24) is 19.5 Å². The van der Waals surface area contributed by atoms with E-state index in [0.29, 0.717) is 28.1 Å². The Morgan fingerprint density at radius 1 is 1.21 bits per heavy atom. The molecule has 0 unspecified atom stereocenters. The molecule has 124 valence electrons. The smallest absolute Gasteiger partial charge is 0.165 e. The maximum Gasteiger partial charge on any atom is 0.165 e. The molecule has 7 heteroatoms. The lowest BCUT2D eigenvalue weighted by Gasteiger charge is -2.14. The zero-order valence-electron chi connectivity index (χ0n) is 13.2. The first-order chi connectivity index (χ1) is 11.6. The van der Waals surface area contributed by atoms with Gasteiger partial charge in [0.15, 0.2) is 10.8 Å². The fraction of sp³-hybridized carbons (Fsp3) is 0.353. The molecule has 0 bridgehead atoms. The van der Waals surface area contributed by atoms with E-state index in [2.05, 4.69) is 9.97 Å². The second kappa shape index (κ2) is 6.31. The number of imidazole rings is 1. The summed E-state index contributed by atoms with van der Waals surface area (Å²) in [6.45, 7) is 3.29. The van der Waals surface area contributed by atoms with Gasteiger partial charge >= 0.3 is 0 Å². The van der Waals surface area contributed by atoms with Gasteiger partial charge in [0.1, 0.15) is 17.2 Å². The Bertz CT molecular complexity index is 903. The van der Waals surface area contributed by atoms with E-state index in [-0.39, 0.29) is 6.10 Å². The fourth-order valence-corrected chi connectivity index (χ4v) is 3.55. The largest absolute Gasteiger partial charge is 0.376 e. The quantitative estimate of drug-likeness (QED) is 0.652. The Balaban J connectivity index is 1.94. The molecule has 5 nitrogen and oxygen atoms in total. The summed E-state index contributed by atoms with van der Waals surface area (Å²) in [6.07, 6.45) is 2.25. The summed E-state index contributed by atoms with van der Waals surface area (Å²) in [6, 6.07) is 7.64. The molecule has 1 aromatic carbocycles. The summed E-state index contributed by atoms with van der Waals surface area (Å²) in [5.74, 6) is 1.36. The molecule has 1 fully saturated rings. The average molecular weight is 363 g/mol. The summed E-state index contributed by atoms with van der Waals surface area (Å²) in [4.78, 5) is 13.5. The second-order valence-corrected chi connectivity index (χ2v) is 6.66. The molecule has 0 spiro atoms. The molecule has 0 N–H and O–H groups in total. The zero-order valence-corrected chi connectivity index (χ0v) is 14.7. The average Bonchev–Trinajstić information content (AvgIpc) is 3.17. The Labute approximate surface area is 149 Å². The monoisotopic (exact) mass is 362 g/mol.